The van der Waals surface area contributed by atoms with Gasteiger partial charge in [-0.05, 0) is 68.9 Å². The molecule has 1 aliphatic heterocycles. The first-order valence-electron chi connectivity index (χ1n) is 10.9. The minimum absolute atomic E-state index is 0.204. The molecular formula is C23H31N5O. The van der Waals surface area contributed by atoms with Crippen molar-refractivity contribution in [2.24, 2.45) is 5.92 Å². The predicted molar refractivity (Wildman–Crippen MR) is 118 cm³/mol. The van der Waals surface area contributed by atoms with Gasteiger partial charge in [0.2, 0.25) is 5.95 Å². The third-order valence-corrected chi connectivity index (χ3v) is 6.05. The summed E-state index contributed by atoms with van der Waals surface area (Å²) < 4.78 is 0. The molecule has 1 saturated heterocycles. The Kier molecular flexibility index (Phi) is 5.97. The molecule has 1 aromatic heterocycles. The fraction of sp³-hybridized carbons (Fsp3) is 0.522. The van der Waals surface area contributed by atoms with Crippen molar-refractivity contribution in [3.63, 3.8) is 0 Å². The molecule has 29 heavy (non-hydrogen) atoms. The van der Waals surface area contributed by atoms with Gasteiger partial charge in [-0.15, -0.1) is 0 Å². The van der Waals surface area contributed by atoms with E-state index in [0.717, 1.165) is 43.2 Å². The molecule has 0 unspecified atom stereocenters. The minimum atomic E-state index is -0.204. The molecule has 2 aliphatic rings. The first-order chi connectivity index (χ1) is 14.1. The standard InChI is InChI=1S/C23H31N5O/c1-16-11-13-28(14-12-16)20-9-7-19(8-10-20)25-22(29)21-15-17(2)24-23(27-21)26-18-5-3-4-6-18/h7-10,15-16,18H,3-6,11-14H2,1-2H3,(H,25,29)(H,24,26,27). The van der Waals surface area contributed by atoms with Crippen molar-refractivity contribution in [2.75, 3.05) is 28.6 Å². The molecular weight excluding hydrogens is 362 g/mol. The second-order valence-electron chi connectivity index (χ2n) is 8.51. The van der Waals surface area contributed by atoms with Gasteiger partial charge in [0.25, 0.3) is 5.91 Å². The Balaban J connectivity index is 1.40. The van der Waals surface area contributed by atoms with E-state index in [-0.39, 0.29) is 5.91 Å². The number of nitrogens with zero attached hydrogens (tertiary/aromatic N) is 3. The molecule has 1 aliphatic carbocycles. The van der Waals surface area contributed by atoms with Crippen LogP contribution in [-0.4, -0.2) is 35.0 Å². The van der Waals surface area contributed by atoms with E-state index in [1.54, 1.807) is 6.07 Å². The summed E-state index contributed by atoms with van der Waals surface area (Å²) in [6.45, 7) is 6.42. The van der Waals surface area contributed by atoms with Gasteiger partial charge in [0.05, 0.1) is 0 Å². The number of aryl methyl sites for hydroxylation is 1. The molecule has 0 spiro atoms. The molecule has 1 amide bonds. The second-order valence-corrected chi connectivity index (χ2v) is 8.51. The summed E-state index contributed by atoms with van der Waals surface area (Å²) in [5, 5.41) is 6.35. The highest BCUT2D eigenvalue weighted by Gasteiger charge is 2.18. The summed E-state index contributed by atoms with van der Waals surface area (Å²) >= 11 is 0. The smallest absolute Gasteiger partial charge is 0.274 e. The fourth-order valence-electron chi connectivity index (χ4n) is 4.22. The van der Waals surface area contributed by atoms with Gasteiger partial charge in [0.1, 0.15) is 5.69 Å². The lowest BCUT2D eigenvalue weighted by Gasteiger charge is -2.32. The summed E-state index contributed by atoms with van der Waals surface area (Å²) in [5.74, 6) is 1.16. The molecule has 2 heterocycles. The van der Waals surface area contributed by atoms with Crippen LogP contribution in [0.15, 0.2) is 30.3 Å². The molecule has 0 radical (unpaired) electrons. The third kappa shape index (κ3) is 5.05. The highest BCUT2D eigenvalue weighted by molar-refractivity contribution is 6.03. The maximum absolute atomic E-state index is 12.7. The monoisotopic (exact) mass is 393 g/mol. The Morgan fingerprint density at radius 3 is 2.41 bits per heavy atom. The fourth-order valence-corrected chi connectivity index (χ4v) is 4.22. The van der Waals surface area contributed by atoms with Crippen molar-refractivity contribution in [3.8, 4) is 0 Å². The number of rotatable bonds is 5. The lowest BCUT2D eigenvalue weighted by molar-refractivity contribution is 0.102. The number of aromatic nitrogens is 2. The predicted octanol–water partition coefficient (Wildman–Crippen LogP) is 4.63. The average molecular weight is 394 g/mol. The number of amides is 1. The van der Waals surface area contributed by atoms with E-state index in [2.05, 4.69) is 44.6 Å². The zero-order chi connectivity index (χ0) is 20.2. The molecule has 1 saturated carbocycles. The first kappa shape index (κ1) is 19.7. The Bertz CT molecular complexity index is 837. The van der Waals surface area contributed by atoms with Crippen LogP contribution >= 0.6 is 0 Å². The van der Waals surface area contributed by atoms with Crippen LogP contribution in [0.5, 0.6) is 0 Å². The Labute approximate surface area is 173 Å². The minimum Gasteiger partial charge on any atom is -0.372 e. The van der Waals surface area contributed by atoms with Crippen molar-refractivity contribution < 1.29 is 4.79 Å². The molecule has 4 rings (SSSR count). The molecule has 6 heteroatoms. The number of piperidine rings is 1. The highest BCUT2D eigenvalue weighted by Crippen LogP contribution is 2.25. The number of hydrogen-bond acceptors (Lipinski definition) is 5. The van der Waals surface area contributed by atoms with Gasteiger partial charge >= 0.3 is 0 Å². The Morgan fingerprint density at radius 2 is 1.72 bits per heavy atom. The van der Waals surface area contributed by atoms with Crippen molar-refractivity contribution in [2.45, 2.75) is 58.4 Å². The summed E-state index contributed by atoms with van der Waals surface area (Å²) in [5.41, 5.74) is 3.19. The molecule has 154 valence electrons. The topological polar surface area (TPSA) is 70.2 Å². The van der Waals surface area contributed by atoms with Crippen LogP contribution in [0.25, 0.3) is 0 Å². The van der Waals surface area contributed by atoms with Crippen molar-refractivity contribution in [1.29, 1.82) is 0 Å². The highest BCUT2D eigenvalue weighted by atomic mass is 16.1. The van der Waals surface area contributed by atoms with E-state index >= 15 is 0 Å². The lowest BCUT2D eigenvalue weighted by Crippen LogP contribution is -2.32. The summed E-state index contributed by atoms with van der Waals surface area (Å²) in [7, 11) is 0. The van der Waals surface area contributed by atoms with E-state index in [1.165, 1.54) is 31.4 Å². The van der Waals surface area contributed by atoms with Crippen molar-refractivity contribution >= 4 is 23.2 Å². The van der Waals surface area contributed by atoms with E-state index in [1.807, 2.05) is 19.1 Å². The third-order valence-electron chi connectivity index (χ3n) is 6.05. The van der Waals surface area contributed by atoms with Crippen LogP contribution in [0.1, 0.15) is 61.6 Å². The first-order valence-corrected chi connectivity index (χ1v) is 10.9. The van der Waals surface area contributed by atoms with Crippen LogP contribution in [0, 0.1) is 12.8 Å². The van der Waals surface area contributed by atoms with Crippen LogP contribution in [0.3, 0.4) is 0 Å². The number of carbonyl (C=O) groups excluding carboxylic acids is 1. The lowest BCUT2D eigenvalue weighted by atomic mass is 9.99. The van der Waals surface area contributed by atoms with E-state index in [9.17, 15) is 4.79 Å². The quantitative estimate of drug-likeness (QED) is 0.775. The second kappa shape index (κ2) is 8.80. The van der Waals surface area contributed by atoms with Gasteiger partial charge in [-0.1, -0.05) is 19.8 Å². The number of nitrogens with one attached hydrogen (secondary N) is 2. The molecule has 0 atom stereocenters. The van der Waals surface area contributed by atoms with E-state index in [0.29, 0.717) is 17.7 Å². The van der Waals surface area contributed by atoms with Gasteiger partial charge in [0.15, 0.2) is 0 Å². The number of benzene rings is 1. The normalized spacial score (nSPS) is 18.1. The molecule has 6 nitrogen and oxygen atoms in total. The van der Waals surface area contributed by atoms with Crippen LogP contribution in [0.4, 0.5) is 17.3 Å². The van der Waals surface area contributed by atoms with Crippen molar-refractivity contribution in [1.82, 2.24) is 9.97 Å². The number of anilines is 3. The SMILES string of the molecule is Cc1cc(C(=O)Nc2ccc(N3CCC(C)CC3)cc2)nc(NC2CCCC2)n1. The van der Waals surface area contributed by atoms with E-state index in [4.69, 9.17) is 0 Å². The zero-order valence-electron chi connectivity index (χ0n) is 17.4. The summed E-state index contributed by atoms with van der Waals surface area (Å²) in [4.78, 5) is 24.1. The van der Waals surface area contributed by atoms with Crippen LogP contribution < -0.4 is 15.5 Å². The Hall–Kier alpha value is -2.63. The molecule has 1 aromatic carbocycles. The van der Waals surface area contributed by atoms with Crippen LogP contribution in [-0.2, 0) is 0 Å². The van der Waals surface area contributed by atoms with Crippen molar-refractivity contribution in [3.05, 3.63) is 41.7 Å². The van der Waals surface area contributed by atoms with Gasteiger partial charge in [-0.2, -0.15) is 0 Å². The summed E-state index contributed by atoms with van der Waals surface area (Å²) in [6, 6.07) is 10.3. The maximum atomic E-state index is 12.7. The summed E-state index contributed by atoms with van der Waals surface area (Å²) in [6.07, 6.45) is 7.24. The maximum Gasteiger partial charge on any atom is 0.274 e. The largest absolute Gasteiger partial charge is 0.372 e. The molecule has 2 fully saturated rings. The Morgan fingerprint density at radius 1 is 1.03 bits per heavy atom. The van der Waals surface area contributed by atoms with Gasteiger partial charge in [-0.25, -0.2) is 9.97 Å². The zero-order valence-corrected chi connectivity index (χ0v) is 17.4. The van der Waals surface area contributed by atoms with Gasteiger partial charge in [0, 0.05) is 36.2 Å². The number of carbonyl (C=O) groups is 1. The molecule has 2 N–H and O–H groups in total. The number of hydrogen-bond donors (Lipinski definition) is 2. The van der Waals surface area contributed by atoms with E-state index < -0.39 is 0 Å². The van der Waals surface area contributed by atoms with Crippen LogP contribution in [0.2, 0.25) is 0 Å². The molecule has 2 aromatic rings. The average Bonchev–Trinajstić information content (AvgIpc) is 3.22. The van der Waals surface area contributed by atoms with Gasteiger partial charge < -0.3 is 15.5 Å². The van der Waals surface area contributed by atoms with Gasteiger partial charge in [-0.3, -0.25) is 4.79 Å². The molecule has 0 bridgehead atoms.